The van der Waals surface area contributed by atoms with Crippen LogP contribution in [0.25, 0.3) is 12.2 Å². The van der Waals surface area contributed by atoms with E-state index in [9.17, 15) is 0 Å². The quantitative estimate of drug-likeness (QED) is 0.413. The Labute approximate surface area is 196 Å². The van der Waals surface area contributed by atoms with E-state index in [2.05, 4.69) is 53.7 Å². The zero-order chi connectivity index (χ0) is 22.5. The molecule has 1 heteroatoms. The van der Waals surface area contributed by atoms with Gasteiger partial charge >= 0.3 is 0 Å². The molecule has 0 saturated heterocycles. The van der Waals surface area contributed by atoms with Crippen molar-refractivity contribution in [2.45, 2.75) is 90.6 Å². The third-order valence-electron chi connectivity index (χ3n) is 9.14. The van der Waals surface area contributed by atoms with Crippen LogP contribution in [0.5, 0.6) is 0 Å². The van der Waals surface area contributed by atoms with E-state index in [0.29, 0.717) is 10.5 Å². The van der Waals surface area contributed by atoms with Crippen molar-refractivity contribution in [2.24, 2.45) is 0 Å². The maximum absolute atomic E-state index is 4.98. The van der Waals surface area contributed by atoms with Gasteiger partial charge in [0.15, 0.2) is 0 Å². The van der Waals surface area contributed by atoms with Crippen LogP contribution in [0.15, 0.2) is 11.1 Å². The maximum atomic E-state index is 4.98. The Bertz CT molecular complexity index is 1200. The fourth-order valence-electron chi connectivity index (χ4n) is 7.63. The summed E-state index contributed by atoms with van der Waals surface area (Å²) in [4.78, 5) is 0. The zero-order valence-corrected chi connectivity index (χ0v) is 21.5. The van der Waals surface area contributed by atoms with Crippen LogP contribution in [0, 0.1) is 27.7 Å². The molecule has 0 saturated carbocycles. The van der Waals surface area contributed by atoms with Crippen molar-refractivity contribution in [1.29, 1.82) is 0 Å². The summed E-state index contributed by atoms with van der Waals surface area (Å²) >= 11 is 0. The molecule has 4 aliphatic carbocycles. The van der Waals surface area contributed by atoms with Gasteiger partial charge in [-0.3, -0.25) is 0 Å². The highest BCUT2D eigenvalue weighted by Gasteiger charge is 2.38. The molecule has 0 nitrogen and oxygen atoms in total. The first kappa shape index (κ1) is 20.7. The Balaban J connectivity index is 1.51. The summed E-state index contributed by atoms with van der Waals surface area (Å²) in [7, 11) is -0.0202. The van der Waals surface area contributed by atoms with Crippen LogP contribution >= 0.6 is 10.5 Å². The van der Waals surface area contributed by atoms with Crippen molar-refractivity contribution in [3.63, 3.8) is 0 Å². The van der Waals surface area contributed by atoms with E-state index in [1.807, 2.05) is 0 Å². The minimum absolute atomic E-state index is 0.0202. The predicted molar refractivity (Wildman–Crippen MR) is 143 cm³/mol. The van der Waals surface area contributed by atoms with E-state index < -0.39 is 0 Å². The normalized spacial score (nSPS) is 23.6. The summed E-state index contributed by atoms with van der Waals surface area (Å²) in [6.07, 6.45) is 12.7. The van der Waals surface area contributed by atoms with Crippen molar-refractivity contribution in [1.82, 2.24) is 0 Å². The van der Waals surface area contributed by atoms with Crippen molar-refractivity contribution < 1.29 is 0 Å². The van der Waals surface area contributed by atoms with Crippen LogP contribution < -0.4 is 0 Å². The fraction of sp³-hybridized carbons (Fsp3) is 0.452. The van der Waals surface area contributed by atoms with E-state index in [1.165, 1.54) is 60.8 Å². The minimum Gasteiger partial charge on any atom is -0.169 e. The monoisotopic (exact) mass is 440 g/mol. The second kappa shape index (κ2) is 7.07. The van der Waals surface area contributed by atoms with E-state index in [1.54, 1.807) is 55.6 Å². The van der Waals surface area contributed by atoms with Gasteiger partial charge in [-0.15, -0.1) is 0 Å². The highest BCUT2D eigenvalue weighted by molar-refractivity contribution is 8.14. The SMILES string of the molecule is C=S(C1C(C)=Cc2c(C)c3c(c(C)c21)CCC3)C1C(C)=Cc2c(C)c3c(c(C)c21)CCC3. The average Bonchev–Trinajstić information content (AvgIpc) is 3.53. The van der Waals surface area contributed by atoms with Gasteiger partial charge in [-0.25, -0.2) is 0 Å². The van der Waals surface area contributed by atoms with Crippen LogP contribution in [0.4, 0.5) is 0 Å². The minimum atomic E-state index is -0.0202. The summed E-state index contributed by atoms with van der Waals surface area (Å²) in [5, 5.41) is 0.920. The molecule has 2 aromatic rings. The van der Waals surface area contributed by atoms with Crippen molar-refractivity contribution >= 4 is 28.5 Å². The van der Waals surface area contributed by atoms with Gasteiger partial charge < -0.3 is 0 Å². The highest BCUT2D eigenvalue weighted by atomic mass is 32.2. The zero-order valence-electron chi connectivity index (χ0n) is 20.7. The third-order valence-corrected chi connectivity index (χ3v) is 11.6. The van der Waals surface area contributed by atoms with Crippen LogP contribution in [0.3, 0.4) is 0 Å². The number of hydrogen-bond donors (Lipinski definition) is 0. The Hall–Kier alpha value is -1.86. The topological polar surface area (TPSA) is 0 Å². The second-order valence-electron chi connectivity index (χ2n) is 10.8. The molecule has 4 aliphatic rings. The van der Waals surface area contributed by atoms with Crippen LogP contribution in [-0.2, 0) is 25.7 Å². The predicted octanol–water partition coefficient (Wildman–Crippen LogP) is 8.21. The highest BCUT2D eigenvalue weighted by Crippen LogP contribution is 2.61. The van der Waals surface area contributed by atoms with Crippen LogP contribution in [-0.4, -0.2) is 5.87 Å². The van der Waals surface area contributed by atoms with Gasteiger partial charge in [0.1, 0.15) is 0 Å². The van der Waals surface area contributed by atoms with Gasteiger partial charge in [0.25, 0.3) is 0 Å². The summed E-state index contributed by atoms with van der Waals surface area (Å²) in [6.45, 7) is 14.3. The Morgan fingerprint density at radius 1 is 0.594 bits per heavy atom. The summed E-state index contributed by atoms with van der Waals surface area (Å²) < 4.78 is 0. The number of benzene rings is 2. The third kappa shape index (κ3) is 2.55. The van der Waals surface area contributed by atoms with Crippen molar-refractivity contribution in [3.05, 3.63) is 77.9 Å². The molecule has 0 amide bonds. The molecule has 32 heavy (non-hydrogen) atoms. The van der Waals surface area contributed by atoms with E-state index >= 15 is 0 Å². The Kier molecular flexibility index (Phi) is 4.58. The lowest BCUT2D eigenvalue weighted by atomic mass is 9.90. The first-order valence-electron chi connectivity index (χ1n) is 12.5. The maximum Gasteiger partial charge on any atom is 0.0469 e. The molecule has 0 spiro atoms. The lowest BCUT2D eigenvalue weighted by Crippen LogP contribution is -2.09. The molecule has 0 radical (unpaired) electrons. The Morgan fingerprint density at radius 3 is 1.31 bits per heavy atom. The number of hydrogen-bond acceptors (Lipinski definition) is 0. The molecule has 0 aliphatic heterocycles. The molecule has 2 atom stereocenters. The second-order valence-corrected chi connectivity index (χ2v) is 12.7. The molecule has 0 bridgehead atoms. The largest absolute Gasteiger partial charge is 0.169 e. The van der Waals surface area contributed by atoms with E-state index in [4.69, 9.17) is 5.87 Å². The molecule has 0 heterocycles. The van der Waals surface area contributed by atoms with Gasteiger partial charge in [0.2, 0.25) is 0 Å². The lowest BCUT2D eigenvalue weighted by molar-refractivity contribution is 0.906. The lowest BCUT2D eigenvalue weighted by Gasteiger charge is -2.30. The molecule has 0 N–H and O–H groups in total. The summed E-state index contributed by atoms with van der Waals surface area (Å²) in [6, 6.07) is 0. The molecule has 2 unspecified atom stereocenters. The molecule has 166 valence electrons. The van der Waals surface area contributed by atoms with Crippen molar-refractivity contribution in [3.8, 4) is 0 Å². The van der Waals surface area contributed by atoms with Gasteiger partial charge in [-0.2, -0.15) is 10.5 Å². The molecule has 2 aromatic carbocycles. The van der Waals surface area contributed by atoms with Gasteiger partial charge in [-0.05, 0) is 147 Å². The molecular weight excluding hydrogens is 404 g/mol. The molecule has 0 aromatic heterocycles. The van der Waals surface area contributed by atoms with E-state index in [0.717, 1.165) is 0 Å². The summed E-state index contributed by atoms with van der Waals surface area (Å²) in [5.41, 5.74) is 22.3. The fourth-order valence-corrected chi connectivity index (χ4v) is 10.2. The molecule has 6 rings (SSSR count). The van der Waals surface area contributed by atoms with Crippen molar-refractivity contribution in [2.75, 3.05) is 0 Å². The first-order chi connectivity index (χ1) is 15.3. The standard InChI is InChI=1S/C31H36S/c1-16-14-26-18(3)22-10-8-12-24(22)20(5)28(26)30(16)32(7)31-17(2)15-27-19(4)23-11-9-13-25(23)21(6)29(27)31/h14-15,30-31H,7-13H2,1-6H3. The average molecular weight is 441 g/mol. The first-order valence-corrected chi connectivity index (χ1v) is 14.0. The Morgan fingerprint density at radius 2 is 0.938 bits per heavy atom. The van der Waals surface area contributed by atoms with Gasteiger partial charge in [0.05, 0.1) is 0 Å². The molecular formula is C31H36S. The molecule has 0 fully saturated rings. The smallest absolute Gasteiger partial charge is 0.0469 e. The van der Waals surface area contributed by atoms with Gasteiger partial charge in [0, 0.05) is 10.5 Å². The number of rotatable bonds is 2. The van der Waals surface area contributed by atoms with Crippen LogP contribution in [0.1, 0.15) is 104 Å². The number of fused-ring (bicyclic) bond motifs is 4. The van der Waals surface area contributed by atoms with Crippen LogP contribution in [0.2, 0.25) is 0 Å². The summed E-state index contributed by atoms with van der Waals surface area (Å²) in [5.74, 6) is 4.98. The van der Waals surface area contributed by atoms with E-state index in [-0.39, 0.29) is 10.5 Å². The van der Waals surface area contributed by atoms with Gasteiger partial charge in [-0.1, -0.05) is 29.2 Å².